The van der Waals surface area contributed by atoms with Gasteiger partial charge in [-0.15, -0.1) is 11.3 Å². The first-order chi connectivity index (χ1) is 10.7. The number of aromatic nitrogens is 2. The molecule has 3 aromatic rings. The number of amides is 1. The van der Waals surface area contributed by atoms with E-state index in [1.807, 2.05) is 36.4 Å². The number of carbonyl (C=O) groups is 1. The average molecular weight is 330 g/mol. The molecule has 2 heterocycles. The molecule has 110 valence electrons. The lowest BCUT2D eigenvalue weighted by Crippen LogP contribution is -2.30. The van der Waals surface area contributed by atoms with Gasteiger partial charge in [0.1, 0.15) is 5.69 Å². The molecule has 1 amide bonds. The summed E-state index contributed by atoms with van der Waals surface area (Å²) in [5, 5.41) is 5.29. The summed E-state index contributed by atoms with van der Waals surface area (Å²) in [7, 11) is 0. The van der Waals surface area contributed by atoms with Crippen LogP contribution in [0.1, 0.15) is 27.8 Å². The van der Waals surface area contributed by atoms with Crippen molar-refractivity contribution in [3.63, 3.8) is 0 Å². The molecular formula is C16H12ClN3OS. The molecule has 2 aromatic heterocycles. The van der Waals surface area contributed by atoms with Gasteiger partial charge in [-0.2, -0.15) is 0 Å². The molecule has 0 saturated heterocycles. The van der Waals surface area contributed by atoms with Crippen LogP contribution in [0.2, 0.25) is 5.02 Å². The normalized spacial score (nSPS) is 11.9. The second-order valence-corrected chi connectivity index (χ2v) is 5.74. The fourth-order valence-electron chi connectivity index (χ4n) is 2.09. The van der Waals surface area contributed by atoms with Crippen molar-refractivity contribution in [1.29, 1.82) is 0 Å². The molecule has 0 fully saturated rings. The van der Waals surface area contributed by atoms with E-state index in [9.17, 15) is 4.79 Å². The average Bonchev–Trinajstić information content (AvgIpc) is 3.08. The van der Waals surface area contributed by atoms with E-state index in [0.29, 0.717) is 10.7 Å². The summed E-state index contributed by atoms with van der Waals surface area (Å²) in [5.74, 6) is -0.239. The molecule has 0 radical (unpaired) electrons. The third-order valence-corrected chi connectivity index (χ3v) is 3.93. The number of pyridine rings is 1. The Labute approximate surface area is 136 Å². The number of nitrogens with zero attached hydrogens (tertiary/aromatic N) is 2. The summed E-state index contributed by atoms with van der Waals surface area (Å²) in [6.07, 6.45) is 1.70. The quantitative estimate of drug-likeness (QED) is 0.793. The minimum Gasteiger partial charge on any atom is -0.338 e. The molecule has 1 N–H and O–H groups in total. The Kier molecular flexibility index (Phi) is 4.46. The van der Waals surface area contributed by atoms with Crippen molar-refractivity contribution in [2.45, 2.75) is 6.04 Å². The number of hydrogen-bond donors (Lipinski definition) is 1. The maximum absolute atomic E-state index is 12.3. The fourth-order valence-corrected chi connectivity index (χ4v) is 2.82. The van der Waals surface area contributed by atoms with Gasteiger partial charge >= 0.3 is 0 Å². The van der Waals surface area contributed by atoms with Crippen LogP contribution >= 0.6 is 22.9 Å². The van der Waals surface area contributed by atoms with E-state index in [1.165, 1.54) is 11.3 Å². The van der Waals surface area contributed by atoms with Crippen molar-refractivity contribution in [1.82, 2.24) is 15.3 Å². The Balaban J connectivity index is 1.95. The molecule has 22 heavy (non-hydrogen) atoms. The van der Waals surface area contributed by atoms with E-state index >= 15 is 0 Å². The number of halogens is 1. The van der Waals surface area contributed by atoms with Gasteiger partial charge in [0.05, 0.1) is 17.2 Å². The SMILES string of the molecule is O=C(NC(c1cccc(Cl)c1)c1ccccn1)c1cscn1. The topological polar surface area (TPSA) is 54.9 Å². The molecule has 3 rings (SSSR count). The van der Waals surface area contributed by atoms with Gasteiger partial charge in [-0.1, -0.05) is 29.8 Å². The van der Waals surface area contributed by atoms with Crippen molar-refractivity contribution in [3.8, 4) is 0 Å². The molecular weight excluding hydrogens is 318 g/mol. The van der Waals surface area contributed by atoms with Gasteiger partial charge in [-0.05, 0) is 29.8 Å². The summed E-state index contributed by atoms with van der Waals surface area (Å²) in [6.45, 7) is 0. The first kappa shape index (κ1) is 14.7. The molecule has 1 atom stereocenters. The monoisotopic (exact) mass is 329 g/mol. The van der Waals surface area contributed by atoms with Crippen molar-refractivity contribution in [3.05, 3.63) is 81.5 Å². The fraction of sp³-hybridized carbons (Fsp3) is 0.0625. The predicted molar refractivity (Wildman–Crippen MR) is 87.1 cm³/mol. The highest BCUT2D eigenvalue weighted by Gasteiger charge is 2.20. The maximum atomic E-state index is 12.3. The van der Waals surface area contributed by atoms with E-state index in [4.69, 9.17) is 11.6 Å². The van der Waals surface area contributed by atoms with E-state index in [1.54, 1.807) is 23.2 Å². The standard InChI is InChI=1S/C16H12ClN3OS/c17-12-5-3-4-11(8-12)15(13-6-1-2-7-18-13)20-16(21)14-9-22-10-19-14/h1-10,15H,(H,20,21). The van der Waals surface area contributed by atoms with Gasteiger partial charge in [0.25, 0.3) is 5.91 Å². The van der Waals surface area contributed by atoms with E-state index < -0.39 is 0 Å². The molecule has 0 aliphatic heterocycles. The second kappa shape index (κ2) is 6.68. The van der Waals surface area contributed by atoms with E-state index in [-0.39, 0.29) is 11.9 Å². The van der Waals surface area contributed by atoms with Gasteiger partial charge in [0.15, 0.2) is 0 Å². The van der Waals surface area contributed by atoms with Crippen LogP contribution in [0, 0.1) is 0 Å². The van der Waals surface area contributed by atoms with Crippen molar-refractivity contribution < 1.29 is 4.79 Å². The van der Waals surface area contributed by atoms with Crippen LogP contribution in [0.15, 0.2) is 59.6 Å². The Hall–Kier alpha value is -2.24. The van der Waals surface area contributed by atoms with Crippen LogP contribution in [-0.2, 0) is 0 Å². The number of carbonyl (C=O) groups excluding carboxylic acids is 1. The molecule has 0 saturated carbocycles. The largest absolute Gasteiger partial charge is 0.338 e. The molecule has 1 unspecified atom stereocenters. The Morgan fingerprint density at radius 2 is 2.09 bits per heavy atom. The van der Waals surface area contributed by atoms with Gasteiger partial charge in [0.2, 0.25) is 0 Å². The highest BCUT2D eigenvalue weighted by molar-refractivity contribution is 7.07. The Bertz CT molecular complexity index is 762. The van der Waals surface area contributed by atoms with Gasteiger partial charge in [-0.25, -0.2) is 4.98 Å². The number of hydrogen-bond acceptors (Lipinski definition) is 4. The van der Waals surface area contributed by atoms with Gasteiger partial charge in [0, 0.05) is 16.6 Å². The van der Waals surface area contributed by atoms with Crippen LogP contribution in [0.5, 0.6) is 0 Å². The summed E-state index contributed by atoms with van der Waals surface area (Å²) in [6, 6.07) is 12.6. The highest BCUT2D eigenvalue weighted by Crippen LogP contribution is 2.23. The minimum atomic E-state index is -0.380. The van der Waals surface area contributed by atoms with Gasteiger partial charge < -0.3 is 5.32 Å². The van der Waals surface area contributed by atoms with Crippen molar-refractivity contribution in [2.24, 2.45) is 0 Å². The molecule has 0 aliphatic carbocycles. The zero-order valence-electron chi connectivity index (χ0n) is 11.4. The first-order valence-corrected chi connectivity index (χ1v) is 7.91. The molecule has 6 heteroatoms. The molecule has 1 aromatic carbocycles. The Morgan fingerprint density at radius 1 is 1.18 bits per heavy atom. The zero-order chi connectivity index (χ0) is 15.4. The molecule has 0 bridgehead atoms. The molecule has 4 nitrogen and oxygen atoms in total. The number of rotatable bonds is 4. The lowest BCUT2D eigenvalue weighted by Gasteiger charge is -2.18. The van der Waals surface area contributed by atoms with Crippen LogP contribution < -0.4 is 5.32 Å². The number of nitrogens with one attached hydrogen (secondary N) is 1. The summed E-state index contributed by atoms with van der Waals surface area (Å²) < 4.78 is 0. The molecule has 0 spiro atoms. The van der Waals surface area contributed by atoms with Crippen LogP contribution in [0.25, 0.3) is 0 Å². The maximum Gasteiger partial charge on any atom is 0.271 e. The zero-order valence-corrected chi connectivity index (χ0v) is 13.0. The summed E-state index contributed by atoms with van der Waals surface area (Å²) in [4.78, 5) is 20.7. The van der Waals surface area contributed by atoms with Crippen molar-refractivity contribution >= 4 is 28.8 Å². The number of thiazole rings is 1. The highest BCUT2D eigenvalue weighted by atomic mass is 35.5. The van der Waals surface area contributed by atoms with E-state index in [0.717, 1.165) is 11.3 Å². The summed E-state index contributed by atoms with van der Waals surface area (Å²) >= 11 is 7.45. The van der Waals surface area contributed by atoms with E-state index in [2.05, 4.69) is 15.3 Å². The second-order valence-electron chi connectivity index (χ2n) is 4.59. The molecule has 0 aliphatic rings. The predicted octanol–water partition coefficient (Wildman–Crippen LogP) is 3.71. The third-order valence-electron chi connectivity index (χ3n) is 3.11. The van der Waals surface area contributed by atoms with Crippen molar-refractivity contribution in [2.75, 3.05) is 0 Å². The minimum absolute atomic E-state index is 0.239. The third kappa shape index (κ3) is 3.32. The van der Waals surface area contributed by atoms with Crippen LogP contribution in [0.4, 0.5) is 0 Å². The Morgan fingerprint density at radius 3 is 2.77 bits per heavy atom. The number of benzene rings is 1. The van der Waals surface area contributed by atoms with Crippen LogP contribution in [0.3, 0.4) is 0 Å². The lowest BCUT2D eigenvalue weighted by atomic mass is 10.0. The van der Waals surface area contributed by atoms with Gasteiger partial charge in [-0.3, -0.25) is 9.78 Å². The van der Waals surface area contributed by atoms with Crippen LogP contribution in [-0.4, -0.2) is 15.9 Å². The smallest absolute Gasteiger partial charge is 0.271 e. The lowest BCUT2D eigenvalue weighted by molar-refractivity contribution is 0.0938. The first-order valence-electron chi connectivity index (χ1n) is 6.59. The summed E-state index contributed by atoms with van der Waals surface area (Å²) in [5.41, 5.74) is 3.64.